The Hall–Kier alpha value is -1.78. The standard InChI is InChI=1S/C20H31FN2O2/c1-6-25-20(24)16-7-14(16)15-8-18(22)19(9-17(15)21)23(10-12(2)3)11-13(4)5/h8-9,12-14,16H,6-7,10-11,22H2,1-5H3/t14-,16-/m0/s1. The summed E-state index contributed by atoms with van der Waals surface area (Å²) in [4.78, 5) is 14.0. The lowest BCUT2D eigenvalue weighted by Crippen LogP contribution is -2.32. The van der Waals surface area contributed by atoms with Crippen molar-refractivity contribution in [1.29, 1.82) is 0 Å². The summed E-state index contributed by atoms with van der Waals surface area (Å²) in [5.74, 6) is 0.0468. The van der Waals surface area contributed by atoms with Crippen molar-refractivity contribution in [2.75, 3.05) is 30.3 Å². The highest BCUT2D eigenvalue weighted by molar-refractivity contribution is 5.78. The molecule has 0 heterocycles. The van der Waals surface area contributed by atoms with E-state index in [1.165, 1.54) is 6.07 Å². The number of carbonyl (C=O) groups is 1. The van der Waals surface area contributed by atoms with Gasteiger partial charge in [0.25, 0.3) is 0 Å². The van der Waals surface area contributed by atoms with Gasteiger partial charge in [-0.05, 0) is 42.9 Å². The Bertz CT molecular complexity index is 606. The molecule has 0 radical (unpaired) electrons. The molecule has 1 fully saturated rings. The maximum Gasteiger partial charge on any atom is 0.309 e. The van der Waals surface area contributed by atoms with Gasteiger partial charge in [0, 0.05) is 19.0 Å². The summed E-state index contributed by atoms with van der Waals surface area (Å²) in [6, 6.07) is 3.25. The molecule has 1 aliphatic rings. The first-order chi connectivity index (χ1) is 11.7. The van der Waals surface area contributed by atoms with Crippen LogP contribution in [0.15, 0.2) is 12.1 Å². The van der Waals surface area contributed by atoms with Crippen molar-refractivity contribution < 1.29 is 13.9 Å². The molecule has 2 N–H and O–H groups in total. The number of halogens is 1. The summed E-state index contributed by atoms with van der Waals surface area (Å²) < 4.78 is 19.8. The maximum absolute atomic E-state index is 14.7. The largest absolute Gasteiger partial charge is 0.466 e. The highest BCUT2D eigenvalue weighted by Gasteiger charge is 2.46. The fraction of sp³-hybridized carbons (Fsp3) is 0.650. The van der Waals surface area contributed by atoms with Crippen LogP contribution in [-0.4, -0.2) is 25.7 Å². The highest BCUT2D eigenvalue weighted by atomic mass is 19.1. The van der Waals surface area contributed by atoms with Gasteiger partial charge in [0.1, 0.15) is 5.82 Å². The second-order valence-electron chi connectivity index (χ2n) is 7.83. The number of hydrogen-bond acceptors (Lipinski definition) is 4. The number of esters is 1. The number of hydrogen-bond donors (Lipinski definition) is 1. The van der Waals surface area contributed by atoms with E-state index in [0.717, 1.165) is 18.8 Å². The first-order valence-electron chi connectivity index (χ1n) is 9.25. The molecule has 1 aromatic carbocycles. The number of carbonyl (C=O) groups excluding carboxylic acids is 1. The fourth-order valence-corrected chi connectivity index (χ4v) is 3.36. The topological polar surface area (TPSA) is 55.6 Å². The van der Waals surface area contributed by atoms with Crippen LogP contribution < -0.4 is 10.6 Å². The van der Waals surface area contributed by atoms with Crippen molar-refractivity contribution in [1.82, 2.24) is 0 Å². The molecular formula is C20H31FN2O2. The molecule has 0 aliphatic heterocycles. The van der Waals surface area contributed by atoms with Gasteiger partial charge >= 0.3 is 5.97 Å². The zero-order valence-electron chi connectivity index (χ0n) is 16.0. The van der Waals surface area contributed by atoms with Crippen molar-refractivity contribution in [3.05, 3.63) is 23.5 Å². The molecule has 1 aliphatic carbocycles. The number of ether oxygens (including phenoxy) is 1. The molecule has 0 bridgehead atoms. The van der Waals surface area contributed by atoms with E-state index >= 15 is 0 Å². The lowest BCUT2D eigenvalue weighted by atomic mass is 10.0. The van der Waals surface area contributed by atoms with Gasteiger partial charge in [-0.3, -0.25) is 4.79 Å². The predicted octanol–water partition coefficient (Wildman–Crippen LogP) is 4.19. The van der Waals surface area contributed by atoms with Crippen LogP contribution in [0.1, 0.15) is 52.5 Å². The molecule has 2 rings (SSSR count). The smallest absolute Gasteiger partial charge is 0.309 e. The molecule has 0 aromatic heterocycles. The molecule has 4 nitrogen and oxygen atoms in total. The molecule has 5 heteroatoms. The Morgan fingerprint density at radius 3 is 2.40 bits per heavy atom. The van der Waals surface area contributed by atoms with E-state index in [4.69, 9.17) is 10.5 Å². The Morgan fingerprint density at radius 2 is 1.88 bits per heavy atom. The van der Waals surface area contributed by atoms with Crippen molar-refractivity contribution in [2.45, 2.75) is 47.0 Å². The first-order valence-corrected chi connectivity index (χ1v) is 9.25. The summed E-state index contributed by atoms with van der Waals surface area (Å²) in [5, 5.41) is 0. The van der Waals surface area contributed by atoms with Gasteiger partial charge in [-0.25, -0.2) is 4.39 Å². The van der Waals surface area contributed by atoms with Crippen LogP contribution in [-0.2, 0) is 9.53 Å². The van der Waals surface area contributed by atoms with Crippen LogP contribution >= 0.6 is 0 Å². The zero-order chi connectivity index (χ0) is 18.7. The minimum absolute atomic E-state index is 0.112. The lowest BCUT2D eigenvalue weighted by molar-refractivity contribution is -0.144. The molecule has 1 saturated carbocycles. The molecule has 0 spiro atoms. The van der Waals surface area contributed by atoms with E-state index in [9.17, 15) is 9.18 Å². The number of anilines is 2. The van der Waals surface area contributed by atoms with Crippen LogP contribution in [0.4, 0.5) is 15.8 Å². The van der Waals surface area contributed by atoms with E-state index in [2.05, 4.69) is 32.6 Å². The SMILES string of the molecule is CCOC(=O)[C@H]1C[C@H]1c1cc(N)c(N(CC(C)C)CC(C)C)cc1F. The summed E-state index contributed by atoms with van der Waals surface area (Å²) in [7, 11) is 0. The second kappa shape index (κ2) is 8.07. The molecular weight excluding hydrogens is 319 g/mol. The number of benzene rings is 1. The Morgan fingerprint density at radius 1 is 1.28 bits per heavy atom. The molecule has 0 saturated heterocycles. The van der Waals surface area contributed by atoms with Crippen molar-refractivity contribution in [2.24, 2.45) is 17.8 Å². The molecule has 0 amide bonds. The molecule has 2 atom stereocenters. The minimum Gasteiger partial charge on any atom is -0.466 e. The van der Waals surface area contributed by atoms with E-state index in [0.29, 0.717) is 36.1 Å². The van der Waals surface area contributed by atoms with Crippen molar-refractivity contribution in [3.63, 3.8) is 0 Å². The van der Waals surface area contributed by atoms with Gasteiger partial charge in [-0.1, -0.05) is 27.7 Å². The average molecular weight is 350 g/mol. The Balaban J connectivity index is 2.23. The summed E-state index contributed by atoms with van der Waals surface area (Å²) in [6.45, 7) is 12.4. The van der Waals surface area contributed by atoms with Crippen molar-refractivity contribution >= 4 is 17.3 Å². The van der Waals surface area contributed by atoms with Gasteiger partial charge < -0.3 is 15.4 Å². The van der Waals surface area contributed by atoms with Crippen LogP contribution in [0.5, 0.6) is 0 Å². The first kappa shape index (κ1) is 19.5. The van der Waals surface area contributed by atoms with E-state index in [-0.39, 0.29) is 23.6 Å². The molecule has 0 unspecified atom stereocenters. The van der Waals surface area contributed by atoms with Crippen LogP contribution in [0.2, 0.25) is 0 Å². The summed E-state index contributed by atoms with van der Waals surface area (Å²) in [5.41, 5.74) is 8.12. The average Bonchev–Trinajstić information content (AvgIpc) is 3.28. The molecule has 1 aromatic rings. The Kier molecular flexibility index (Phi) is 6.31. The maximum atomic E-state index is 14.7. The number of rotatable bonds is 8. The summed E-state index contributed by atoms with van der Waals surface area (Å²) >= 11 is 0. The third kappa shape index (κ3) is 4.86. The number of nitrogen functional groups attached to an aromatic ring is 1. The molecule has 25 heavy (non-hydrogen) atoms. The normalized spacial score (nSPS) is 19.4. The van der Waals surface area contributed by atoms with E-state index in [1.807, 2.05) is 0 Å². The fourth-order valence-electron chi connectivity index (χ4n) is 3.36. The van der Waals surface area contributed by atoms with Gasteiger partial charge in [0.2, 0.25) is 0 Å². The summed E-state index contributed by atoms with van der Waals surface area (Å²) in [6.07, 6.45) is 0.635. The highest BCUT2D eigenvalue weighted by Crippen LogP contribution is 2.50. The zero-order valence-corrected chi connectivity index (χ0v) is 16.0. The van der Waals surface area contributed by atoms with Crippen LogP contribution in [0.25, 0.3) is 0 Å². The van der Waals surface area contributed by atoms with E-state index in [1.54, 1.807) is 13.0 Å². The van der Waals surface area contributed by atoms with Gasteiger partial charge in [-0.15, -0.1) is 0 Å². The number of nitrogens with zero attached hydrogens (tertiary/aromatic N) is 1. The third-order valence-corrected chi connectivity index (χ3v) is 4.44. The van der Waals surface area contributed by atoms with Crippen LogP contribution in [0, 0.1) is 23.6 Å². The minimum atomic E-state index is -0.279. The lowest BCUT2D eigenvalue weighted by Gasteiger charge is -2.30. The predicted molar refractivity (Wildman–Crippen MR) is 100 cm³/mol. The van der Waals surface area contributed by atoms with Crippen LogP contribution in [0.3, 0.4) is 0 Å². The van der Waals surface area contributed by atoms with E-state index < -0.39 is 0 Å². The second-order valence-corrected chi connectivity index (χ2v) is 7.83. The quantitative estimate of drug-likeness (QED) is 0.564. The monoisotopic (exact) mass is 350 g/mol. The van der Waals surface area contributed by atoms with Gasteiger partial charge in [0.05, 0.1) is 23.9 Å². The van der Waals surface area contributed by atoms with Crippen molar-refractivity contribution in [3.8, 4) is 0 Å². The molecule has 140 valence electrons. The van der Waals surface area contributed by atoms with Gasteiger partial charge in [-0.2, -0.15) is 0 Å². The Labute approximate surface area is 150 Å². The number of nitrogens with two attached hydrogens (primary N) is 1. The third-order valence-electron chi connectivity index (χ3n) is 4.44. The van der Waals surface area contributed by atoms with Gasteiger partial charge in [0.15, 0.2) is 0 Å².